The van der Waals surface area contributed by atoms with Crippen LogP contribution in [0.25, 0.3) is 0 Å². The summed E-state index contributed by atoms with van der Waals surface area (Å²) in [6, 6.07) is 0.423. The molecule has 0 fully saturated rings. The third-order valence-electron chi connectivity index (χ3n) is 3.81. The molecular weight excluding hydrogens is 213 g/mol. The van der Waals surface area contributed by atoms with Crippen LogP contribution in [0, 0.1) is 17.8 Å². The van der Waals surface area contributed by atoms with E-state index < -0.39 is 6.17 Å². The molecule has 0 bridgehead atoms. The largest absolute Gasteiger partial charge is 0.388 e. The van der Waals surface area contributed by atoms with Gasteiger partial charge in [-0.15, -0.1) is 0 Å². The lowest BCUT2D eigenvalue weighted by atomic mass is 9.80. The first kappa shape index (κ1) is 16.5. The van der Waals surface area contributed by atoms with Crippen LogP contribution in [-0.2, 0) is 0 Å². The minimum atomic E-state index is -0.680. The normalized spacial score (nSPS) is 18.5. The van der Waals surface area contributed by atoms with Crippen LogP contribution >= 0.6 is 0 Å². The van der Waals surface area contributed by atoms with Crippen molar-refractivity contribution in [1.29, 1.82) is 0 Å². The quantitative estimate of drug-likeness (QED) is 0.626. The van der Waals surface area contributed by atoms with Gasteiger partial charge in [-0.05, 0) is 36.8 Å². The van der Waals surface area contributed by atoms with E-state index in [9.17, 15) is 4.39 Å². The highest BCUT2D eigenvalue weighted by atomic mass is 19.1. The van der Waals surface area contributed by atoms with Crippen LogP contribution in [0.2, 0.25) is 0 Å². The van der Waals surface area contributed by atoms with Crippen molar-refractivity contribution in [1.82, 2.24) is 5.32 Å². The Hall–Kier alpha value is -0.530. The molecule has 4 atom stereocenters. The molecule has 0 aliphatic carbocycles. The molecule has 1 nitrogen and oxygen atoms in total. The van der Waals surface area contributed by atoms with Crippen LogP contribution in [0.15, 0.2) is 12.8 Å². The number of halogens is 1. The minimum absolute atomic E-state index is 0.127. The maximum Gasteiger partial charge on any atom is 0.103 e. The van der Waals surface area contributed by atoms with Gasteiger partial charge in [0.15, 0.2) is 0 Å². The Balaban J connectivity index is 4.46. The molecule has 0 aliphatic rings. The van der Waals surface area contributed by atoms with Gasteiger partial charge in [0.25, 0.3) is 0 Å². The molecule has 0 saturated heterocycles. The van der Waals surface area contributed by atoms with Gasteiger partial charge in [-0.1, -0.05) is 47.6 Å². The molecule has 102 valence electrons. The number of alkyl halides is 1. The van der Waals surface area contributed by atoms with Gasteiger partial charge in [0.1, 0.15) is 6.17 Å². The first-order valence-corrected chi connectivity index (χ1v) is 6.98. The highest BCUT2D eigenvalue weighted by molar-refractivity contribution is 4.83. The van der Waals surface area contributed by atoms with Crippen molar-refractivity contribution in [3.63, 3.8) is 0 Å². The maximum atomic E-state index is 13.8. The van der Waals surface area contributed by atoms with E-state index in [0.29, 0.717) is 24.3 Å². The smallest absolute Gasteiger partial charge is 0.103 e. The predicted octanol–water partition coefficient (Wildman–Crippen LogP) is 4.54. The van der Waals surface area contributed by atoms with Gasteiger partial charge in [0.05, 0.1) is 0 Å². The Labute approximate surface area is 107 Å². The lowest BCUT2D eigenvalue weighted by Gasteiger charge is -2.32. The van der Waals surface area contributed by atoms with Gasteiger partial charge in [0, 0.05) is 6.04 Å². The van der Waals surface area contributed by atoms with Gasteiger partial charge in [-0.2, -0.15) is 0 Å². The van der Waals surface area contributed by atoms with E-state index in [1.165, 1.54) is 0 Å². The van der Waals surface area contributed by atoms with E-state index in [4.69, 9.17) is 0 Å². The van der Waals surface area contributed by atoms with E-state index in [2.05, 4.69) is 32.7 Å². The van der Waals surface area contributed by atoms with Crippen LogP contribution in [0.1, 0.15) is 53.9 Å². The summed E-state index contributed by atoms with van der Waals surface area (Å²) in [5, 5.41) is 3.31. The number of nitrogens with one attached hydrogen (secondary N) is 1. The lowest BCUT2D eigenvalue weighted by Crippen LogP contribution is -2.36. The van der Waals surface area contributed by atoms with Crippen molar-refractivity contribution in [2.75, 3.05) is 0 Å². The topological polar surface area (TPSA) is 12.0 Å². The molecule has 17 heavy (non-hydrogen) atoms. The van der Waals surface area contributed by atoms with Crippen molar-refractivity contribution in [2.24, 2.45) is 17.8 Å². The number of hydrogen-bond acceptors (Lipinski definition) is 1. The Morgan fingerprint density at radius 1 is 1.18 bits per heavy atom. The van der Waals surface area contributed by atoms with Gasteiger partial charge in [-0.25, -0.2) is 4.39 Å². The lowest BCUT2D eigenvalue weighted by molar-refractivity contribution is 0.162. The summed E-state index contributed by atoms with van der Waals surface area (Å²) in [6.45, 7) is 14.2. The fraction of sp³-hybridized carbons (Fsp3) is 0.867. The highest BCUT2D eigenvalue weighted by Gasteiger charge is 2.26. The molecule has 0 radical (unpaired) electrons. The van der Waals surface area contributed by atoms with Crippen molar-refractivity contribution in [3.8, 4) is 0 Å². The number of rotatable bonds is 9. The minimum Gasteiger partial charge on any atom is -0.388 e. The Morgan fingerprint density at radius 2 is 1.76 bits per heavy atom. The monoisotopic (exact) mass is 243 g/mol. The highest BCUT2D eigenvalue weighted by Crippen LogP contribution is 2.28. The average Bonchev–Trinajstić information content (AvgIpc) is 2.28. The summed E-state index contributed by atoms with van der Waals surface area (Å²) in [5.41, 5.74) is 0. The summed E-state index contributed by atoms with van der Waals surface area (Å²) in [6.07, 6.45) is 3.91. The second kappa shape index (κ2) is 8.54. The van der Waals surface area contributed by atoms with E-state index in [-0.39, 0.29) is 5.92 Å². The Kier molecular flexibility index (Phi) is 8.28. The zero-order valence-corrected chi connectivity index (χ0v) is 12.2. The zero-order valence-electron chi connectivity index (χ0n) is 12.2. The van der Waals surface area contributed by atoms with Crippen molar-refractivity contribution in [2.45, 2.75) is 66.1 Å². The van der Waals surface area contributed by atoms with E-state index >= 15 is 0 Å². The summed E-state index contributed by atoms with van der Waals surface area (Å²) in [4.78, 5) is 0. The van der Waals surface area contributed by atoms with Crippen LogP contribution in [0.3, 0.4) is 0 Å². The molecule has 0 aromatic rings. The molecular formula is C15H30FN. The molecule has 0 aromatic carbocycles. The molecule has 0 spiro atoms. The second-order valence-electron chi connectivity index (χ2n) is 5.43. The van der Waals surface area contributed by atoms with E-state index in [0.717, 1.165) is 12.8 Å². The van der Waals surface area contributed by atoms with Gasteiger partial charge in [0.2, 0.25) is 0 Å². The molecule has 2 heteroatoms. The van der Waals surface area contributed by atoms with Gasteiger partial charge < -0.3 is 5.32 Å². The third-order valence-corrected chi connectivity index (χ3v) is 3.81. The maximum absolute atomic E-state index is 13.8. The van der Waals surface area contributed by atoms with E-state index in [1.807, 2.05) is 13.8 Å². The first-order valence-electron chi connectivity index (χ1n) is 6.98. The van der Waals surface area contributed by atoms with Crippen molar-refractivity contribution in [3.05, 3.63) is 12.8 Å². The second-order valence-corrected chi connectivity index (χ2v) is 5.43. The predicted molar refractivity (Wildman–Crippen MR) is 74.7 cm³/mol. The molecule has 0 amide bonds. The van der Waals surface area contributed by atoms with Gasteiger partial charge >= 0.3 is 0 Å². The molecule has 0 aromatic heterocycles. The third kappa shape index (κ3) is 5.56. The fourth-order valence-corrected chi connectivity index (χ4v) is 2.58. The zero-order chi connectivity index (χ0) is 13.4. The molecule has 0 heterocycles. The fourth-order valence-electron chi connectivity index (χ4n) is 2.58. The molecule has 0 saturated carbocycles. The average molecular weight is 243 g/mol. The van der Waals surface area contributed by atoms with Crippen molar-refractivity contribution >= 4 is 0 Å². The summed E-state index contributed by atoms with van der Waals surface area (Å²) >= 11 is 0. The summed E-state index contributed by atoms with van der Waals surface area (Å²) in [5.74, 6) is 1.06. The molecule has 0 rings (SSSR count). The summed E-state index contributed by atoms with van der Waals surface area (Å²) in [7, 11) is 0. The summed E-state index contributed by atoms with van der Waals surface area (Å²) < 4.78 is 13.8. The van der Waals surface area contributed by atoms with Crippen LogP contribution in [0.4, 0.5) is 4.39 Å². The number of hydrogen-bond donors (Lipinski definition) is 1. The van der Waals surface area contributed by atoms with E-state index in [1.54, 1.807) is 6.20 Å². The standard InChI is InChI=1S/C15H30FN/c1-7-13(15(8-2)17-9-3)12(6)10-14(16)11(4)5/h9,11-15,17H,3,7-8,10H2,1-2,4-6H3/t12?,13-,14?,15?/m0/s1. The van der Waals surface area contributed by atoms with Crippen LogP contribution in [0.5, 0.6) is 0 Å². The SMILES string of the molecule is C=CNC(CC)[C@@H](CC)C(C)CC(F)C(C)C. The Bertz CT molecular complexity index is 203. The molecule has 0 aliphatic heterocycles. The molecule has 1 N–H and O–H groups in total. The molecule has 3 unspecified atom stereocenters. The van der Waals surface area contributed by atoms with Crippen molar-refractivity contribution < 1.29 is 4.39 Å². The first-order chi connectivity index (χ1) is 7.97. The van der Waals surface area contributed by atoms with Crippen LogP contribution < -0.4 is 5.32 Å². The van der Waals surface area contributed by atoms with Crippen LogP contribution in [-0.4, -0.2) is 12.2 Å². The Morgan fingerprint density at radius 3 is 2.12 bits per heavy atom. The van der Waals surface area contributed by atoms with Gasteiger partial charge in [-0.3, -0.25) is 0 Å².